The molecule has 11 nitrogen and oxygen atoms in total. The fraction of sp³-hybridized carbons (Fsp3) is 0.417. The van der Waals surface area contributed by atoms with E-state index in [1.165, 1.54) is 17.2 Å². The Morgan fingerprint density at radius 2 is 1.88 bits per heavy atom. The third kappa shape index (κ3) is 5.06. The van der Waals surface area contributed by atoms with E-state index in [0.29, 0.717) is 76.4 Å². The molecule has 0 atom stereocenters. The third-order valence-electron chi connectivity index (χ3n) is 10.7. The molecule has 0 N–H and O–H groups in total. The van der Waals surface area contributed by atoms with E-state index in [2.05, 4.69) is 9.97 Å². The summed E-state index contributed by atoms with van der Waals surface area (Å²) in [6, 6.07) is 6.64. The van der Waals surface area contributed by atoms with Crippen LogP contribution in [0, 0.1) is 18.2 Å². The Hall–Kier alpha value is -4.55. The molecule has 2 bridgehead atoms. The highest BCUT2D eigenvalue weighted by molar-refractivity contribution is 6.30. The second-order valence-electron chi connectivity index (χ2n) is 13.7. The molecular formula is C36H34ClFN6O5. The molecule has 0 radical (unpaired) electrons. The van der Waals surface area contributed by atoms with Crippen LogP contribution in [0.15, 0.2) is 45.9 Å². The second-order valence-corrected chi connectivity index (χ2v) is 14.2. The molecule has 2 saturated heterocycles. The van der Waals surface area contributed by atoms with Crippen LogP contribution >= 0.6 is 11.6 Å². The Bertz CT molecular complexity index is 2200. The van der Waals surface area contributed by atoms with Gasteiger partial charge in [0.1, 0.15) is 17.3 Å². The van der Waals surface area contributed by atoms with Crippen LogP contribution in [0.5, 0.6) is 5.75 Å². The second kappa shape index (κ2) is 11.5. The maximum absolute atomic E-state index is 14.7. The molecule has 49 heavy (non-hydrogen) atoms. The summed E-state index contributed by atoms with van der Waals surface area (Å²) in [5, 5.41) is 0.663. The molecule has 1 saturated carbocycles. The van der Waals surface area contributed by atoms with E-state index in [1.807, 2.05) is 23.7 Å². The Balaban J connectivity index is 1.21. The SMILES string of the molecule is Cc1cnc(-c2c(CCC34CCC(CC3)OC4)nc3c(c2-c2ccc4c(c2)OCC(=O)N4Cc2ncc(Cl)cc2F)c(=O)n2n3CCC2)o1. The Morgan fingerprint density at radius 1 is 1.04 bits per heavy atom. The van der Waals surface area contributed by atoms with Crippen LogP contribution in [0.3, 0.4) is 0 Å². The number of carbonyl (C=O) groups is 1. The minimum absolute atomic E-state index is 0.0874. The average molecular weight is 685 g/mol. The number of ether oxygens (including phenoxy) is 2. The number of carbonyl (C=O) groups excluding carboxylic acids is 1. The molecule has 4 aliphatic heterocycles. The summed E-state index contributed by atoms with van der Waals surface area (Å²) in [7, 11) is 0. The van der Waals surface area contributed by atoms with Crippen molar-refractivity contribution in [3.63, 3.8) is 0 Å². The fourth-order valence-electron chi connectivity index (χ4n) is 8.11. The molecule has 10 rings (SSSR count). The number of amides is 1. The summed E-state index contributed by atoms with van der Waals surface area (Å²) in [5.74, 6) is 0.537. The summed E-state index contributed by atoms with van der Waals surface area (Å²) in [5.41, 5.74) is 4.04. The highest BCUT2D eigenvalue weighted by atomic mass is 35.5. The van der Waals surface area contributed by atoms with Gasteiger partial charge in [-0.2, -0.15) is 0 Å². The molecule has 3 fully saturated rings. The lowest BCUT2D eigenvalue weighted by atomic mass is 9.68. The van der Waals surface area contributed by atoms with Crippen LogP contribution in [0.25, 0.3) is 33.6 Å². The number of oxazole rings is 1. The smallest absolute Gasteiger partial charge is 0.276 e. The van der Waals surface area contributed by atoms with Crippen LogP contribution in [0.4, 0.5) is 10.1 Å². The zero-order valence-corrected chi connectivity index (χ0v) is 27.8. The summed E-state index contributed by atoms with van der Waals surface area (Å²) < 4.78 is 36.8. The van der Waals surface area contributed by atoms with E-state index < -0.39 is 5.82 Å². The molecule has 1 aromatic carbocycles. The lowest BCUT2D eigenvalue weighted by Crippen LogP contribution is -2.42. The van der Waals surface area contributed by atoms with Gasteiger partial charge >= 0.3 is 0 Å². The molecule has 1 aliphatic carbocycles. The number of benzene rings is 1. The van der Waals surface area contributed by atoms with Gasteiger partial charge in [0, 0.05) is 24.8 Å². The largest absolute Gasteiger partial charge is 0.482 e. The number of anilines is 1. The standard InChI is InChI=1S/C36H34ClFN6O5/c1-20-15-40-34(49-20)31-25(7-10-36-8-5-23(6-9-36)48-19-36)41-33-32(35(46)44-12-2-11-43(33)44)30(31)21-3-4-27-28(13-21)47-18-29(45)42(27)17-26-24(38)14-22(37)16-39-26/h3-4,13-16,23H,2,5-12,17-19H2,1H3. The van der Waals surface area contributed by atoms with E-state index in [4.69, 9.17) is 30.5 Å². The van der Waals surface area contributed by atoms with Crippen molar-refractivity contribution in [3.05, 3.63) is 75.0 Å². The van der Waals surface area contributed by atoms with Crippen molar-refractivity contribution in [2.45, 2.75) is 77.6 Å². The number of aromatic nitrogens is 5. The van der Waals surface area contributed by atoms with Crippen LogP contribution in [-0.4, -0.2) is 49.5 Å². The van der Waals surface area contributed by atoms with E-state index in [-0.39, 0.29) is 40.7 Å². The number of halogens is 2. The van der Waals surface area contributed by atoms with Crippen molar-refractivity contribution in [2.24, 2.45) is 5.41 Å². The summed E-state index contributed by atoms with van der Waals surface area (Å²) in [6.45, 7) is 3.58. The molecule has 0 unspecified atom stereocenters. The van der Waals surface area contributed by atoms with Gasteiger partial charge in [0.05, 0.1) is 58.5 Å². The van der Waals surface area contributed by atoms with Crippen molar-refractivity contribution in [2.75, 3.05) is 18.1 Å². The van der Waals surface area contributed by atoms with Crippen LogP contribution in [-0.2, 0) is 35.6 Å². The molecule has 1 amide bonds. The van der Waals surface area contributed by atoms with Crippen molar-refractivity contribution in [1.82, 2.24) is 24.3 Å². The summed E-state index contributed by atoms with van der Waals surface area (Å²) in [6.07, 6.45) is 10.3. The van der Waals surface area contributed by atoms with Gasteiger partial charge in [-0.3, -0.25) is 24.2 Å². The Kier molecular flexibility index (Phi) is 7.17. The summed E-state index contributed by atoms with van der Waals surface area (Å²) >= 11 is 5.92. The van der Waals surface area contributed by atoms with Crippen LogP contribution in [0.2, 0.25) is 5.02 Å². The molecule has 5 aromatic rings. The fourth-order valence-corrected chi connectivity index (χ4v) is 8.25. The molecule has 4 aromatic heterocycles. The topological polar surface area (TPSA) is 118 Å². The highest BCUT2D eigenvalue weighted by Crippen LogP contribution is 2.48. The van der Waals surface area contributed by atoms with Gasteiger partial charge in [0.25, 0.3) is 11.5 Å². The van der Waals surface area contributed by atoms with E-state index in [1.54, 1.807) is 16.9 Å². The Labute approximate surface area is 285 Å². The normalized spacial score (nSPS) is 21.3. The quantitative estimate of drug-likeness (QED) is 0.198. The minimum atomic E-state index is -0.600. The van der Waals surface area contributed by atoms with Gasteiger partial charge in [0.2, 0.25) is 5.89 Å². The lowest BCUT2D eigenvalue weighted by Gasteiger charge is -2.46. The molecule has 5 aliphatic rings. The predicted octanol–water partition coefficient (Wildman–Crippen LogP) is 6.24. The molecule has 252 valence electrons. The first-order chi connectivity index (χ1) is 23.8. The van der Waals surface area contributed by atoms with E-state index in [0.717, 1.165) is 50.8 Å². The first-order valence-corrected chi connectivity index (χ1v) is 17.2. The number of hydrogen-bond acceptors (Lipinski definition) is 8. The average Bonchev–Trinajstić information content (AvgIpc) is 3.84. The first kappa shape index (κ1) is 30.5. The third-order valence-corrected chi connectivity index (χ3v) is 10.9. The van der Waals surface area contributed by atoms with Crippen LogP contribution < -0.4 is 15.2 Å². The number of rotatable bonds is 7. The number of pyridine rings is 2. The zero-order chi connectivity index (χ0) is 33.4. The number of hydrogen-bond donors (Lipinski definition) is 0. The van der Waals surface area contributed by atoms with Gasteiger partial charge in [-0.05, 0) is 81.0 Å². The van der Waals surface area contributed by atoms with Gasteiger partial charge in [-0.15, -0.1) is 0 Å². The van der Waals surface area contributed by atoms with Gasteiger partial charge in [-0.1, -0.05) is 17.7 Å². The van der Waals surface area contributed by atoms with Gasteiger partial charge < -0.3 is 13.9 Å². The zero-order valence-electron chi connectivity index (χ0n) is 27.0. The molecular weight excluding hydrogens is 651 g/mol. The lowest BCUT2D eigenvalue weighted by molar-refractivity contribution is -0.121. The number of aryl methyl sites for hydroxylation is 3. The minimum Gasteiger partial charge on any atom is -0.482 e. The van der Waals surface area contributed by atoms with Crippen molar-refractivity contribution in [1.29, 1.82) is 0 Å². The van der Waals surface area contributed by atoms with Crippen molar-refractivity contribution >= 4 is 34.2 Å². The van der Waals surface area contributed by atoms with Gasteiger partial charge in [-0.25, -0.2) is 19.0 Å². The van der Waals surface area contributed by atoms with Crippen LogP contribution in [0.1, 0.15) is 55.7 Å². The highest BCUT2D eigenvalue weighted by Gasteiger charge is 2.41. The molecule has 8 heterocycles. The van der Waals surface area contributed by atoms with Gasteiger partial charge in [0.15, 0.2) is 12.3 Å². The van der Waals surface area contributed by atoms with E-state index >= 15 is 0 Å². The number of fused-ring (bicyclic) bond motifs is 7. The molecule has 13 heteroatoms. The predicted molar refractivity (Wildman–Crippen MR) is 179 cm³/mol. The first-order valence-electron chi connectivity index (χ1n) is 16.8. The van der Waals surface area contributed by atoms with Crippen molar-refractivity contribution in [3.8, 4) is 28.3 Å². The maximum Gasteiger partial charge on any atom is 0.276 e. The number of nitrogens with zero attached hydrogens (tertiary/aromatic N) is 6. The van der Waals surface area contributed by atoms with Crippen molar-refractivity contribution < 1.29 is 23.1 Å². The maximum atomic E-state index is 14.7. The Morgan fingerprint density at radius 3 is 2.63 bits per heavy atom. The van der Waals surface area contributed by atoms with E-state index in [9.17, 15) is 14.0 Å². The monoisotopic (exact) mass is 684 g/mol. The molecule has 0 spiro atoms. The summed E-state index contributed by atoms with van der Waals surface area (Å²) in [4.78, 5) is 42.7.